The Hall–Kier alpha value is -3.13. The van der Waals surface area contributed by atoms with Gasteiger partial charge in [0.15, 0.2) is 0 Å². The van der Waals surface area contributed by atoms with Crippen molar-refractivity contribution >= 4 is 32.7 Å². The molecule has 0 N–H and O–H groups in total. The van der Waals surface area contributed by atoms with E-state index in [9.17, 15) is 9.59 Å². The lowest BCUT2D eigenvalue weighted by Gasteiger charge is -2.35. The lowest BCUT2D eigenvalue weighted by Crippen LogP contribution is -2.49. The molecule has 170 valence electrons. The highest BCUT2D eigenvalue weighted by Gasteiger charge is 2.32. The van der Waals surface area contributed by atoms with Gasteiger partial charge in [0.2, 0.25) is 0 Å². The molecule has 7 nitrogen and oxygen atoms in total. The van der Waals surface area contributed by atoms with Gasteiger partial charge in [-0.2, -0.15) is 0 Å². The molecule has 0 radical (unpaired) electrons. The summed E-state index contributed by atoms with van der Waals surface area (Å²) in [6, 6.07) is 9.90. The van der Waals surface area contributed by atoms with Gasteiger partial charge in [0.1, 0.15) is 11.4 Å². The van der Waals surface area contributed by atoms with E-state index in [1.165, 1.54) is 0 Å². The molecule has 1 aliphatic rings. The number of carbonyl (C=O) groups is 1. The fourth-order valence-corrected chi connectivity index (χ4v) is 5.00. The minimum Gasteiger partial charge on any atom is -0.345 e. The third kappa shape index (κ3) is 3.62. The molecule has 3 aromatic heterocycles. The van der Waals surface area contributed by atoms with Gasteiger partial charge in [-0.1, -0.05) is 22.0 Å². The largest absolute Gasteiger partial charge is 0.345 e. The number of aryl methyl sites for hydroxylation is 1. The molecule has 1 aromatic carbocycles. The molecule has 8 heteroatoms. The molecule has 4 aromatic rings. The van der Waals surface area contributed by atoms with Gasteiger partial charge in [-0.3, -0.25) is 9.59 Å². The van der Waals surface area contributed by atoms with Crippen LogP contribution in [0.3, 0.4) is 0 Å². The predicted octanol–water partition coefficient (Wildman–Crippen LogP) is 4.69. The molecule has 0 unspecified atom stereocenters. The lowest BCUT2D eigenvalue weighted by molar-refractivity contribution is 0.0591. The van der Waals surface area contributed by atoms with E-state index < -0.39 is 0 Å². The van der Waals surface area contributed by atoms with Gasteiger partial charge >= 0.3 is 0 Å². The summed E-state index contributed by atoms with van der Waals surface area (Å²) in [6.45, 7) is 9.14. The first-order valence-electron chi connectivity index (χ1n) is 11.1. The summed E-state index contributed by atoms with van der Waals surface area (Å²) in [6.07, 6.45) is 5.59. The number of nitrogens with zero attached hydrogens (tertiary/aromatic N) is 5. The van der Waals surface area contributed by atoms with Crippen LogP contribution in [0, 0.1) is 6.92 Å². The maximum Gasteiger partial charge on any atom is 0.275 e. The van der Waals surface area contributed by atoms with E-state index in [0.29, 0.717) is 30.5 Å². The quantitative estimate of drug-likeness (QED) is 0.402. The Labute approximate surface area is 200 Å². The molecule has 0 aliphatic carbocycles. The topological polar surface area (TPSA) is 65.1 Å². The van der Waals surface area contributed by atoms with E-state index in [1.807, 2.05) is 31.0 Å². The number of amides is 1. The highest BCUT2D eigenvalue weighted by Crippen LogP contribution is 2.30. The van der Waals surface area contributed by atoms with Gasteiger partial charge in [-0.15, -0.1) is 0 Å². The summed E-state index contributed by atoms with van der Waals surface area (Å²) in [5.41, 5.74) is 3.83. The molecule has 0 fully saturated rings. The van der Waals surface area contributed by atoms with E-state index >= 15 is 0 Å². The van der Waals surface area contributed by atoms with Crippen molar-refractivity contribution in [2.24, 2.45) is 0 Å². The molecule has 0 saturated heterocycles. The molecule has 0 saturated carbocycles. The summed E-state index contributed by atoms with van der Waals surface area (Å²) in [5.74, 6) is -0.123. The summed E-state index contributed by atoms with van der Waals surface area (Å²) >= 11 is 3.58. The maximum absolute atomic E-state index is 13.5. The van der Waals surface area contributed by atoms with Crippen molar-refractivity contribution in [2.45, 2.75) is 52.9 Å². The van der Waals surface area contributed by atoms with Gasteiger partial charge in [0.05, 0.1) is 12.0 Å². The molecule has 0 bridgehead atoms. The van der Waals surface area contributed by atoms with Crippen LogP contribution in [0.1, 0.15) is 48.6 Å². The molecule has 1 amide bonds. The van der Waals surface area contributed by atoms with Crippen LogP contribution in [-0.4, -0.2) is 35.5 Å². The zero-order valence-electron chi connectivity index (χ0n) is 19.1. The summed E-state index contributed by atoms with van der Waals surface area (Å²) in [5, 5.41) is 1.14. The molecule has 5 rings (SSSR count). The SMILES string of the molecule is Cc1cn(-c2ccc3n(c2=O)C[C@@H](C)N(Cc2cn(C(C)C)c4cc(Br)ccc24)C3=O)cn1. The van der Waals surface area contributed by atoms with Crippen molar-refractivity contribution in [3.63, 3.8) is 0 Å². The molecule has 4 heterocycles. The number of hydrogen-bond donors (Lipinski definition) is 0. The van der Waals surface area contributed by atoms with E-state index in [4.69, 9.17) is 0 Å². The molecule has 33 heavy (non-hydrogen) atoms. The molecule has 0 spiro atoms. The first kappa shape index (κ1) is 21.7. The average Bonchev–Trinajstić information content (AvgIpc) is 3.35. The second-order valence-corrected chi connectivity index (χ2v) is 9.96. The van der Waals surface area contributed by atoms with Crippen molar-refractivity contribution in [3.8, 4) is 5.69 Å². The van der Waals surface area contributed by atoms with Crippen molar-refractivity contribution < 1.29 is 4.79 Å². The number of aromatic nitrogens is 4. The monoisotopic (exact) mass is 507 g/mol. The number of halogens is 1. The second kappa shape index (κ2) is 8.02. The number of carbonyl (C=O) groups excluding carboxylic acids is 1. The van der Waals surface area contributed by atoms with E-state index in [2.05, 4.69) is 57.7 Å². The van der Waals surface area contributed by atoms with Crippen LogP contribution in [0.4, 0.5) is 0 Å². The third-order valence-corrected chi connectivity index (χ3v) is 6.87. The smallest absolute Gasteiger partial charge is 0.275 e. The third-order valence-electron chi connectivity index (χ3n) is 6.38. The van der Waals surface area contributed by atoms with Crippen molar-refractivity contribution in [3.05, 3.63) is 80.8 Å². The van der Waals surface area contributed by atoms with Gasteiger partial charge in [0.25, 0.3) is 11.5 Å². The van der Waals surface area contributed by atoms with Crippen LogP contribution in [0.15, 0.2) is 58.3 Å². The summed E-state index contributed by atoms with van der Waals surface area (Å²) < 4.78 is 6.58. The van der Waals surface area contributed by atoms with Gasteiger partial charge in [0, 0.05) is 52.9 Å². The summed E-state index contributed by atoms with van der Waals surface area (Å²) in [7, 11) is 0. The van der Waals surface area contributed by atoms with Crippen LogP contribution >= 0.6 is 15.9 Å². The van der Waals surface area contributed by atoms with E-state index in [1.54, 1.807) is 27.6 Å². The zero-order chi connectivity index (χ0) is 23.4. The minimum atomic E-state index is -0.175. The minimum absolute atomic E-state index is 0.115. The molecular formula is C25H26BrN5O2. The van der Waals surface area contributed by atoms with Crippen LogP contribution in [0.5, 0.6) is 0 Å². The molecule has 1 atom stereocenters. The number of pyridine rings is 1. The predicted molar refractivity (Wildman–Crippen MR) is 132 cm³/mol. The second-order valence-electron chi connectivity index (χ2n) is 9.04. The normalized spacial score (nSPS) is 16.1. The standard InChI is InChI=1S/C25H26BrN5O2/c1-15(2)29-12-18(20-6-5-19(26)9-23(20)29)13-30-17(4)11-31-22(25(30)33)8-7-21(24(31)32)28-10-16(3)27-14-28/h5-10,12,14-15,17H,11,13H2,1-4H3/t17-/m1/s1. The summed E-state index contributed by atoms with van der Waals surface area (Å²) in [4.78, 5) is 32.8. The number of imidazole rings is 1. The number of hydrogen-bond acceptors (Lipinski definition) is 3. The Bertz CT molecular complexity index is 1450. The number of benzene rings is 1. The van der Waals surface area contributed by atoms with Crippen molar-refractivity contribution in [2.75, 3.05) is 0 Å². The van der Waals surface area contributed by atoms with Crippen LogP contribution in [0.2, 0.25) is 0 Å². The fourth-order valence-electron chi connectivity index (χ4n) is 4.66. The molecule has 1 aliphatic heterocycles. The Morgan fingerprint density at radius 1 is 1.15 bits per heavy atom. The highest BCUT2D eigenvalue weighted by molar-refractivity contribution is 9.10. The fraction of sp³-hybridized carbons (Fsp3) is 0.320. The van der Waals surface area contributed by atoms with Gasteiger partial charge in [-0.25, -0.2) is 4.98 Å². The first-order chi connectivity index (χ1) is 15.7. The first-order valence-corrected chi connectivity index (χ1v) is 11.9. The van der Waals surface area contributed by atoms with Crippen LogP contribution in [0.25, 0.3) is 16.6 Å². The van der Waals surface area contributed by atoms with Crippen molar-refractivity contribution in [1.82, 2.24) is 23.6 Å². The number of rotatable bonds is 4. The van der Waals surface area contributed by atoms with Crippen LogP contribution in [-0.2, 0) is 13.1 Å². The van der Waals surface area contributed by atoms with Crippen LogP contribution < -0.4 is 5.56 Å². The Morgan fingerprint density at radius 3 is 2.64 bits per heavy atom. The Morgan fingerprint density at radius 2 is 1.94 bits per heavy atom. The van der Waals surface area contributed by atoms with Gasteiger partial charge < -0.3 is 18.6 Å². The highest BCUT2D eigenvalue weighted by atomic mass is 79.9. The lowest BCUT2D eigenvalue weighted by atomic mass is 10.1. The van der Waals surface area contributed by atoms with Gasteiger partial charge in [-0.05, 0) is 57.5 Å². The van der Waals surface area contributed by atoms with E-state index in [-0.39, 0.29) is 17.5 Å². The Kier molecular flexibility index (Phi) is 5.28. The Balaban J connectivity index is 1.52. The maximum atomic E-state index is 13.5. The van der Waals surface area contributed by atoms with Crippen molar-refractivity contribution in [1.29, 1.82) is 0 Å². The number of fused-ring (bicyclic) bond motifs is 2. The zero-order valence-corrected chi connectivity index (χ0v) is 20.7. The molecular weight excluding hydrogens is 482 g/mol. The van der Waals surface area contributed by atoms with E-state index in [0.717, 1.165) is 26.6 Å². The average molecular weight is 508 g/mol.